The normalized spacial score (nSPS) is 10.9. The average molecular weight is 357 g/mol. The molecule has 0 aliphatic heterocycles. The number of pyridine rings is 1. The van der Waals surface area contributed by atoms with Crippen LogP contribution in [0.4, 0.5) is 5.69 Å². The van der Waals surface area contributed by atoms with Gasteiger partial charge in [-0.25, -0.2) is 4.98 Å². The summed E-state index contributed by atoms with van der Waals surface area (Å²) in [6, 6.07) is 19.3. The highest BCUT2D eigenvalue weighted by atomic mass is 16.4. The summed E-state index contributed by atoms with van der Waals surface area (Å²) in [6.45, 7) is 1.88. The molecule has 4 aromatic rings. The molecule has 2 heterocycles. The lowest BCUT2D eigenvalue weighted by Gasteiger charge is -2.07. The van der Waals surface area contributed by atoms with E-state index in [9.17, 15) is 4.79 Å². The zero-order valence-electron chi connectivity index (χ0n) is 15.0. The molecule has 2 aromatic heterocycles. The highest BCUT2D eigenvalue weighted by Crippen LogP contribution is 2.23. The number of hydrogen-bond acceptors (Lipinski definition) is 4. The Bertz CT molecular complexity index is 1080. The molecule has 134 valence electrons. The maximum Gasteiger partial charge on any atom is 0.226 e. The second kappa shape index (κ2) is 7.41. The smallest absolute Gasteiger partial charge is 0.226 e. The molecule has 0 saturated heterocycles. The quantitative estimate of drug-likeness (QED) is 0.559. The van der Waals surface area contributed by atoms with Gasteiger partial charge in [0.15, 0.2) is 0 Å². The number of nitrogens with one attached hydrogen (secondary N) is 1. The number of anilines is 1. The number of carbonyl (C=O) groups is 1. The highest BCUT2D eigenvalue weighted by Gasteiger charge is 2.13. The van der Waals surface area contributed by atoms with Gasteiger partial charge in [0.25, 0.3) is 0 Å². The van der Waals surface area contributed by atoms with Crippen molar-refractivity contribution in [3.8, 4) is 11.5 Å². The first-order chi connectivity index (χ1) is 13.2. The van der Waals surface area contributed by atoms with Crippen molar-refractivity contribution in [1.82, 2.24) is 9.97 Å². The Morgan fingerprint density at radius 2 is 1.85 bits per heavy atom. The molecule has 0 aliphatic rings. The Labute approximate surface area is 157 Å². The second-order valence-corrected chi connectivity index (χ2v) is 6.32. The highest BCUT2D eigenvalue weighted by molar-refractivity contribution is 6.00. The molecule has 0 spiro atoms. The molecule has 5 heteroatoms. The number of amides is 1. The van der Waals surface area contributed by atoms with Crippen molar-refractivity contribution in [1.29, 1.82) is 0 Å². The summed E-state index contributed by atoms with van der Waals surface area (Å²) >= 11 is 0. The Morgan fingerprint density at radius 1 is 1.04 bits per heavy atom. The second-order valence-electron chi connectivity index (χ2n) is 6.32. The zero-order valence-corrected chi connectivity index (χ0v) is 15.0. The molecule has 2 aromatic carbocycles. The number of oxazole rings is 1. The van der Waals surface area contributed by atoms with E-state index in [2.05, 4.69) is 15.3 Å². The van der Waals surface area contributed by atoms with Gasteiger partial charge in [-0.3, -0.25) is 9.78 Å². The van der Waals surface area contributed by atoms with Crippen molar-refractivity contribution in [2.45, 2.75) is 19.8 Å². The van der Waals surface area contributed by atoms with Crippen LogP contribution in [-0.4, -0.2) is 15.9 Å². The minimum atomic E-state index is -0.0724. The zero-order chi connectivity index (χ0) is 18.6. The van der Waals surface area contributed by atoms with E-state index in [4.69, 9.17) is 4.42 Å². The minimum Gasteiger partial charge on any atom is -0.441 e. The SMILES string of the molecule is Cc1oc(-c2ccccc2)nc1CCC(=O)Nc1cccc2cccnc12. The Morgan fingerprint density at radius 3 is 2.70 bits per heavy atom. The molecule has 27 heavy (non-hydrogen) atoms. The van der Waals surface area contributed by atoms with Gasteiger partial charge >= 0.3 is 0 Å². The Kier molecular flexibility index (Phi) is 4.66. The molecule has 0 atom stereocenters. The van der Waals surface area contributed by atoms with Crippen LogP contribution in [-0.2, 0) is 11.2 Å². The standard InChI is InChI=1S/C22H19N3O2/c1-15-18(25-22(27-15)17-7-3-2-4-8-17)12-13-20(26)24-19-11-5-9-16-10-6-14-23-21(16)19/h2-11,14H,12-13H2,1H3,(H,24,26). The van der Waals surface area contributed by atoms with E-state index in [0.717, 1.165) is 33.6 Å². The largest absolute Gasteiger partial charge is 0.441 e. The van der Waals surface area contributed by atoms with Gasteiger partial charge < -0.3 is 9.73 Å². The lowest BCUT2D eigenvalue weighted by molar-refractivity contribution is -0.116. The molecule has 0 fully saturated rings. The van der Waals surface area contributed by atoms with Crippen LogP contribution >= 0.6 is 0 Å². The number of para-hydroxylation sites is 1. The molecule has 0 aliphatic carbocycles. The fourth-order valence-electron chi connectivity index (χ4n) is 3.01. The number of hydrogen-bond donors (Lipinski definition) is 1. The van der Waals surface area contributed by atoms with Gasteiger partial charge in [0.2, 0.25) is 11.8 Å². The summed E-state index contributed by atoms with van der Waals surface area (Å²) in [6.07, 6.45) is 2.57. The third-order valence-corrected chi connectivity index (χ3v) is 4.41. The van der Waals surface area contributed by atoms with Crippen LogP contribution in [0.5, 0.6) is 0 Å². The van der Waals surface area contributed by atoms with E-state index < -0.39 is 0 Å². The van der Waals surface area contributed by atoms with Crippen LogP contribution in [0, 0.1) is 6.92 Å². The first-order valence-electron chi connectivity index (χ1n) is 8.86. The van der Waals surface area contributed by atoms with Crippen LogP contribution in [0.2, 0.25) is 0 Å². The molecule has 5 nitrogen and oxygen atoms in total. The number of benzene rings is 2. The predicted molar refractivity (Wildman–Crippen MR) is 105 cm³/mol. The van der Waals surface area contributed by atoms with Crippen molar-refractivity contribution in [2.75, 3.05) is 5.32 Å². The number of fused-ring (bicyclic) bond motifs is 1. The summed E-state index contributed by atoms with van der Waals surface area (Å²) < 4.78 is 5.76. The molecular weight excluding hydrogens is 338 g/mol. The maximum atomic E-state index is 12.4. The number of aryl methyl sites for hydroxylation is 2. The van der Waals surface area contributed by atoms with Gasteiger partial charge in [0.05, 0.1) is 16.9 Å². The van der Waals surface area contributed by atoms with Gasteiger partial charge in [-0.2, -0.15) is 0 Å². The van der Waals surface area contributed by atoms with Crippen LogP contribution in [0.1, 0.15) is 17.9 Å². The van der Waals surface area contributed by atoms with E-state index in [1.807, 2.05) is 67.6 Å². The van der Waals surface area contributed by atoms with E-state index >= 15 is 0 Å². The number of rotatable bonds is 5. The van der Waals surface area contributed by atoms with E-state index in [1.54, 1.807) is 6.20 Å². The van der Waals surface area contributed by atoms with E-state index in [0.29, 0.717) is 18.7 Å². The number of aromatic nitrogens is 2. The van der Waals surface area contributed by atoms with E-state index in [-0.39, 0.29) is 5.91 Å². The van der Waals surface area contributed by atoms with Gasteiger partial charge in [0.1, 0.15) is 5.76 Å². The molecule has 0 radical (unpaired) electrons. The van der Waals surface area contributed by atoms with E-state index in [1.165, 1.54) is 0 Å². The van der Waals surface area contributed by atoms with Crippen molar-refractivity contribution in [3.05, 3.63) is 78.3 Å². The van der Waals surface area contributed by atoms with Crippen molar-refractivity contribution in [2.24, 2.45) is 0 Å². The summed E-state index contributed by atoms with van der Waals surface area (Å²) in [5, 5.41) is 3.95. The third-order valence-electron chi connectivity index (χ3n) is 4.41. The third kappa shape index (κ3) is 3.72. The maximum absolute atomic E-state index is 12.4. The van der Waals surface area contributed by atoms with Crippen LogP contribution in [0.25, 0.3) is 22.4 Å². The predicted octanol–water partition coefficient (Wildman–Crippen LogP) is 4.77. The Hall–Kier alpha value is -3.47. The Balaban J connectivity index is 1.44. The number of nitrogens with zero attached hydrogens (tertiary/aromatic N) is 2. The average Bonchev–Trinajstić information content (AvgIpc) is 3.08. The van der Waals surface area contributed by atoms with Crippen molar-refractivity contribution < 1.29 is 9.21 Å². The first-order valence-corrected chi connectivity index (χ1v) is 8.86. The van der Waals surface area contributed by atoms with Gasteiger partial charge in [-0.1, -0.05) is 36.4 Å². The van der Waals surface area contributed by atoms with Gasteiger partial charge in [-0.15, -0.1) is 0 Å². The van der Waals surface area contributed by atoms with Gasteiger partial charge in [0, 0.05) is 30.0 Å². The van der Waals surface area contributed by atoms with Crippen LogP contribution < -0.4 is 5.32 Å². The summed E-state index contributed by atoms with van der Waals surface area (Å²) in [5.41, 5.74) is 3.25. The van der Waals surface area contributed by atoms with Crippen molar-refractivity contribution >= 4 is 22.5 Å². The minimum absolute atomic E-state index is 0.0724. The molecule has 1 amide bonds. The lowest BCUT2D eigenvalue weighted by atomic mass is 10.1. The first kappa shape index (κ1) is 17.0. The molecule has 0 saturated carbocycles. The summed E-state index contributed by atoms with van der Waals surface area (Å²) in [4.78, 5) is 21.3. The van der Waals surface area contributed by atoms with Gasteiger partial charge in [-0.05, 0) is 31.2 Å². The summed E-state index contributed by atoms with van der Waals surface area (Å²) in [5.74, 6) is 1.26. The van der Waals surface area contributed by atoms with Crippen LogP contribution in [0.3, 0.4) is 0 Å². The fourth-order valence-corrected chi connectivity index (χ4v) is 3.01. The molecule has 1 N–H and O–H groups in total. The molecule has 0 unspecified atom stereocenters. The fraction of sp³-hybridized carbons (Fsp3) is 0.136. The lowest BCUT2D eigenvalue weighted by Crippen LogP contribution is -2.13. The number of carbonyl (C=O) groups excluding carboxylic acids is 1. The topological polar surface area (TPSA) is 68.0 Å². The molecule has 4 rings (SSSR count). The monoisotopic (exact) mass is 357 g/mol. The van der Waals surface area contributed by atoms with Crippen molar-refractivity contribution in [3.63, 3.8) is 0 Å². The van der Waals surface area contributed by atoms with Crippen LogP contribution in [0.15, 0.2) is 71.3 Å². The summed E-state index contributed by atoms with van der Waals surface area (Å²) in [7, 11) is 0. The molecular formula is C22H19N3O2. The molecule has 0 bridgehead atoms.